The molecule has 28 heavy (non-hydrogen) atoms. The highest BCUT2D eigenvalue weighted by molar-refractivity contribution is 5.96. The van der Waals surface area contributed by atoms with Crippen molar-refractivity contribution in [1.29, 1.82) is 0 Å². The molecule has 148 valence electrons. The highest BCUT2D eigenvalue weighted by atomic mass is 16.5. The lowest BCUT2D eigenvalue weighted by Gasteiger charge is -2.09. The lowest BCUT2D eigenvalue weighted by molar-refractivity contribution is -0.121. The molecule has 0 bridgehead atoms. The van der Waals surface area contributed by atoms with Crippen LogP contribution in [0.15, 0.2) is 54.6 Å². The maximum absolute atomic E-state index is 12.1. The zero-order chi connectivity index (χ0) is 20.2. The van der Waals surface area contributed by atoms with E-state index in [1.807, 2.05) is 30.3 Å². The first kappa shape index (κ1) is 21.0. The van der Waals surface area contributed by atoms with Crippen LogP contribution in [0.1, 0.15) is 30.1 Å². The number of anilines is 1. The predicted molar refractivity (Wildman–Crippen MR) is 107 cm³/mol. The minimum Gasteiger partial charge on any atom is -0.494 e. The Balaban J connectivity index is 1.59. The zero-order valence-electron chi connectivity index (χ0n) is 15.9. The minimum atomic E-state index is -0.266. The van der Waals surface area contributed by atoms with Gasteiger partial charge >= 0.3 is 0 Å². The Kier molecular flexibility index (Phi) is 8.52. The number of benzene rings is 2. The second kappa shape index (κ2) is 11.4. The van der Waals surface area contributed by atoms with Crippen LogP contribution in [0.3, 0.4) is 0 Å². The number of amides is 3. The van der Waals surface area contributed by atoms with Crippen LogP contribution in [0.4, 0.5) is 5.69 Å². The van der Waals surface area contributed by atoms with Gasteiger partial charge in [0, 0.05) is 37.7 Å². The molecule has 0 aliphatic carbocycles. The van der Waals surface area contributed by atoms with Crippen LogP contribution in [0.25, 0.3) is 0 Å². The molecule has 2 rings (SSSR count). The summed E-state index contributed by atoms with van der Waals surface area (Å²) in [5, 5.41) is 8.12. The van der Waals surface area contributed by atoms with Crippen LogP contribution >= 0.6 is 0 Å². The Bertz CT molecular complexity index is 793. The Morgan fingerprint density at radius 1 is 0.929 bits per heavy atom. The van der Waals surface area contributed by atoms with Gasteiger partial charge in [-0.1, -0.05) is 24.3 Å². The summed E-state index contributed by atoms with van der Waals surface area (Å²) >= 11 is 0. The van der Waals surface area contributed by atoms with Crippen molar-refractivity contribution < 1.29 is 19.1 Å². The summed E-state index contributed by atoms with van der Waals surface area (Å²) in [6.07, 6.45) is 0.975. The first-order chi connectivity index (χ1) is 13.5. The van der Waals surface area contributed by atoms with E-state index in [4.69, 9.17) is 4.74 Å². The second-order valence-corrected chi connectivity index (χ2v) is 6.13. The van der Waals surface area contributed by atoms with E-state index in [-0.39, 0.29) is 17.7 Å². The maximum Gasteiger partial charge on any atom is 0.251 e. The van der Waals surface area contributed by atoms with Gasteiger partial charge in [0.1, 0.15) is 5.75 Å². The third kappa shape index (κ3) is 7.90. The van der Waals surface area contributed by atoms with Gasteiger partial charge in [0.2, 0.25) is 11.8 Å². The molecule has 7 nitrogen and oxygen atoms in total. The minimum absolute atomic E-state index is 0.0847. The van der Waals surface area contributed by atoms with Crippen molar-refractivity contribution in [3.63, 3.8) is 0 Å². The van der Waals surface area contributed by atoms with Crippen molar-refractivity contribution in [3.05, 3.63) is 60.2 Å². The molecule has 2 aromatic rings. The summed E-state index contributed by atoms with van der Waals surface area (Å²) in [7, 11) is 0. The molecular weight excluding hydrogens is 358 g/mol. The van der Waals surface area contributed by atoms with E-state index in [1.54, 1.807) is 24.3 Å². The van der Waals surface area contributed by atoms with Gasteiger partial charge in [0.05, 0.1) is 6.61 Å². The van der Waals surface area contributed by atoms with Crippen molar-refractivity contribution >= 4 is 23.4 Å². The van der Waals surface area contributed by atoms with Crippen molar-refractivity contribution in [2.45, 2.75) is 19.8 Å². The largest absolute Gasteiger partial charge is 0.494 e. The zero-order valence-corrected chi connectivity index (χ0v) is 15.9. The number of hydrogen-bond acceptors (Lipinski definition) is 4. The fourth-order valence-electron chi connectivity index (χ4n) is 2.45. The van der Waals surface area contributed by atoms with Crippen LogP contribution in [0.2, 0.25) is 0 Å². The van der Waals surface area contributed by atoms with Gasteiger partial charge in [0.25, 0.3) is 5.91 Å². The van der Waals surface area contributed by atoms with E-state index < -0.39 is 0 Å². The van der Waals surface area contributed by atoms with E-state index in [0.29, 0.717) is 43.8 Å². The number of ether oxygens (including phenoxy) is 1. The molecule has 3 amide bonds. The maximum atomic E-state index is 12.1. The summed E-state index contributed by atoms with van der Waals surface area (Å²) in [6.45, 7) is 2.53. The SMILES string of the molecule is CC(=O)Nc1cccc(C(=O)NCCNC(=O)CCCOc2ccccc2)c1. The monoisotopic (exact) mass is 383 g/mol. The van der Waals surface area contributed by atoms with Crippen molar-refractivity contribution in [2.75, 3.05) is 25.0 Å². The van der Waals surface area contributed by atoms with Gasteiger partial charge in [-0.15, -0.1) is 0 Å². The first-order valence-corrected chi connectivity index (χ1v) is 9.15. The molecule has 0 spiro atoms. The van der Waals surface area contributed by atoms with Crippen LogP contribution in [0.5, 0.6) is 5.75 Å². The van der Waals surface area contributed by atoms with E-state index in [9.17, 15) is 14.4 Å². The van der Waals surface area contributed by atoms with Gasteiger partial charge in [-0.3, -0.25) is 14.4 Å². The van der Waals surface area contributed by atoms with Crippen molar-refractivity contribution in [1.82, 2.24) is 10.6 Å². The highest BCUT2D eigenvalue weighted by Crippen LogP contribution is 2.10. The third-order valence-electron chi connectivity index (χ3n) is 3.74. The summed E-state index contributed by atoms with van der Waals surface area (Å²) < 4.78 is 5.53. The molecule has 0 atom stereocenters. The molecule has 0 fully saturated rings. The Morgan fingerprint density at radius 2 is 1.68 bits per heavy atom. The average molecular weight is 383 g/mol. The first-order valence-electron chi connectivity index (χ1n) is 9.15. The van der Waals surface area contributed by atoms with Gasteiger partial charge in [0.15, 0.2) is 0 Å². The fraction of sp³-hybridized carbons (Fsp3) is 0.286. The molecule has 0 aromatic heterocycles. The standard InChI is InChI=1S/C21H25N3O4/c1-16(25)24-18-8-5-7-17(15-18)21(27)23-13-12-22-20(26)11-6-14-28-19-9-3-2-4-10-19/h2-5,7-10,15H,6,11-14H2,1H3,(H,22,26)(H,23,27)(H,24,25). The number of carbonyl (C=O) groups is 3. The van der Waals surface area contributed by atoms with Crippen LogP contribution < -0.4 is 20.7 Å². The summed E-state index contributed by atoms with van der Waals surface area (Å²) in [4.78, 5) is 35.0. The number of rotatable bonds is 10. The molecule has 0 unspecified atom stereocenters. The van der Waals surface area contributed by atoms with Gasteiger partial charge in [-0.2, -0.15) is 0 Å². The molecule has 0 aliphatic heterocycles. The number of carbonyl (C=O) groups excluding carboxylic acids is 3. The van der Waals surface area contributed by atoms with Crippen molar-refractivity contribution in [3.8, 4) is 5.75 Å². The lowest BCUT2D eigenvalue weighted by Crippen LogP contribution is -2.34. The van der Waals surface area contributed by atoms with E-state index in [1.165, 1.54) is 6.92 Å². The van der Waals surface area contributed by atoms with E-state index in [0.717, 1.165) is 5.75 Å². The molecule has 0 radical (unpaired) electrons. The third-order valence-corrected chi connectivity index (χ3v) is 3.74. The van der Waals surface area contributed by atoms with E-state index >= 15 is 0 Å². The topological polar surface area (TPSA) is 96.5 Å². The molecule has 7 heteroatoms. The number of nitrogens with one attached hydrogen (secondary N) is 3. The summed E-state index contributed by atoms with van der Waals surface area (Å²) in [5.41, 5.74) is 1.00. The summed E-state index contributed by atoms with van der Waals surface area (Å²) in [5.74, 6) is 0.235. The van der Waals surface area contributed by atoms with Crippen LogP contribution in [-0.4, -0.2) is 37.4 Å². The Hall–Kier alpha value is -3.35. The van der Waals surface area contributed by atoms with Gasteiger partial charge in [-0.25, -0.2) is 0 Å². The quantitative estimate of drug-likeness (QED) is 0.549. The normalized spacial score (nSPS) is 10.0. The van der Waals surface area contributed by atoms with Crippen LogP contribution in [-0.2, 0) is 9.59 Å². The highest BCUT2D eigenvalue weighted by Gasteiger charge is 2.07. The molecule has 3 N–H and O–H groups in total. The molecule has 0 aliphatic rings. The molecular formula is C21H25N3O4. The van der Waals surface area contributed by atoms with Gasteiger partial charge in [-0.05, 0) is 36.8 Å². The van der Waals surface area contributed by atoms with Gasteiger partial charge < -0.3 is 20.7 Å². The summed E-state index contributed by atoms with van der Waals surface area (Å²) in [6, 6.07) is 16.1. The number of hydrogen-bond donors (Lipinski definition) is 3. The molecule has 0 saturated carbocycles. The molecule has 2 aromatic carbocycles. The second-order valence-electron chi connectivity index (χ2n) is 6.13. The fourth-order valence-corrected chi connectivity index (χ4v) is 2.45. The average Bonchev–Trinajstić information content (AvgIpc) is 2.69. The number of para-hydroxylation sites is 1. The van der Waals surface area contributed by atoms with Crippen molar-refractivity contribution in [2.24, 2.45) is 0 Å². The Morgan fingerprint density at radius 3 is 2.43 bits per heavy atom. The Labute approximate surface area is 164 Å². The molecule has 0 saturated heterocycles. The van der Waals surface area contributed by atoms with Crippen LogP contribution in [0, 0.1) is 0 Å². The molecule has 0 heterocycles. The smallest absolute Gasteiger partial charge is 0.251 e. The lowest BCUT2D eigenvalue weighted by atomic mass is 10.2. The van der Waals surface area contributed by atoms with E-state index in [2.05, 4.69) is 16.0 Å². The predicted octanol–water partition coefficient (Wildman–Crippen LogP) is 2.35.